The third kappa shape index (κ3) is 3.05. The van der Waals surface area contributed by atoms with Crippen molar-refractivity contribution < 1.29 is 9.32 Å². The minimum atomic E-state index is -0.246. The zero-order chi connectivity index (χ0) is 15.7. The molecule has 1 aliphatic rings. The Morgan fingerprint density at radius 1 is 1.27 bits per heavy atom. The number of nitrogens with one attached hydrogen (secondary N) is 1. The summed E-state index contributed by atoms with van der Waals surface area (Å²) in [6.45, 7) is 6.99. The molecule has 3 rings (SSSR count). The molecule has 0 saturated carbocycles. The van der Waals surface area contributed by atoms with Crippen molar-refractivity contribution in [2.24, 2.45) is 0 Å². The minimum absolute atomic E-state index is 0.0654. The summed E-state index contributed by atoms with van der Waals surface area (Å²) in [5, 5.41) is 6.81. The molecule has 8 heteroatoms. The number of carbonyl (C=O) groups excluding carboxylic acids is 1. The number of rotatable bonds is 2. The van der Waals surface area contributed by atoms with Gasteiger partial charge < -0.3 is 14.7 Å². The van der Waals surface area contributed by atoms with Crippen molar-refractivity contribution in [3.05, 3.63) is 24.4 Å². The van der Waals surface area contributed by atoms with E-state index < -0.39 is 0 Å². The molecule has 0 aromatic carbocycles. The van der Waals surface area contributed by atoms with E-state index in [0.717, 1.165) is 0 Å². The summed E-state index contributed by atoms with van der Waals surface area (Å²) in [6, 6.07) is 1.65. The molecule has 0 spiro atoms. The molecule has 1 fully saturated rings. The second kappa shape index (κ2) is 5.36. The molecule has 3 heterocycles. The van der Waals surface area contributed by atoms with Gasteiger partial charge in [0.05, 0.1) is 5.92 Å². The molecule has 22 heavy (non-hydrogen) atoms. The SMILES string of the molecule is CC(C)(C)NC(=O)N1CC(c2nc(-c3ncccn3)no2)C1. The maximum absolute atomic E-state index is 12.0. The Balaban J connectivity index is 1.60. The van der Waals surface area contributed by atoms with Gasteiger partial charge in [-0.2, -0.15) is 4.98 Å². The van der Waals surface area contributed by atoms with Gasteiger partial charge in [0.1, 0.15) is 0 Å². The third-order valence-corrected chi connectivity index (χ3v) is 3.21. The topological polar surface area (TPSA) is 97.0 Å². The monoisotopic (exact) mass is 302 g/mol. The Bertz CT molecular complexity index is 657. The van der Waals surface area contributed by atoms with E-state index in [4.69, 9.17) is 4.52 Å². The molecule has 2 aromatic heterocycles. The molecule has 2 amide bonds. The van der Waals surface area contributed by atoms with Crippen LogP contribution in [0.3, 0.4) is 0 Å². The summed E-state index contributed by atoms with van der Waals surface area (Å²) in [4.78, 5) is 26.2. The van der Waals surface area contributed by atoms with Crippen molar-refractivity contribution in [1.29, 1.82) is 0 Å². The van der Waals surface area contributed by atoms with Gasteiger partial charge in [-0.3, -0.25) is 0 Å². The predicted molar refractivity (Wildman–Crippen MR) is 77.9 cm³/mol. The average molecular weight is 302 g/mol. The van der Waals surface area contributed by atoms with Gasteiger partial charge in [0.15, 0.2) is 0 Å². The van der Waals surface area contributed by atoms with E-state index in [2.05, 4.69) is 25.4 Å². The molecule has 1 aliphatic heterocycles. The Hall–Kier alpha value is -2.51. The van der Waals surface area contributed by atoms with E-state index in [9.17, 15) is 4.79 Å². The first-order valence-corrected chi connectivity index (χ1v) is 7.10. The van der Waals surface area contributed by atoms with Crippen molar-refractivity contribution in [2.45, 2.75) is 32.2 Å². The van der Waals surface area contributed by atoms with Crippen LogP contribution in [0.4, 0.5) is 4.79 Å². The zero-order valence-corrected chi connectivity index (χ0v) is 12.8. The zero-order valence-electron chi connectivity index (χ0n) is 12.8. The first-order chi connectivity index (χ1) is 10.4. The van der Waals surface area contributed by atoms with E-state index in [1.54, 1.807) is 23.4 Å². The molecule has 0 unspecified atom stereocenters. The lowest BCUT2D eigenvalue weighted by atomic mass is 10.0. The van der Waals surface area contributed by atoms with Crippen molar-refractivity contribution in [2.75, 3.05) is 13.1 Å². The van der Waals surface area contributed by atoms with Crippen molar-refractivity contribution >= 4 is 6.03 Å². The molecule has 2 aromatic rings. The lowest BCUT2D eigenvalue weighted by molar-refractivity contribution is 0.131. The molecule has 0 bridgehead atoms. The molecule has 0 radical (unpaired) electrons. The fraction of sp³-hybridized carbons (Fsp3) is 0.500. The fourth-order valence-electron chi connectivity index (χ4n) is 2.11. The summed E-state index contributed by atoms with van der Waals surface area (Å²) in [6.07, 6.45) is 3.25. The molecule has 0 aliphatic carbocycles. The molecule has 1 saturated heterocycles. The van der Waals surface area contributed by atoms with E-state index in [0.29, 0.717) is 30.6 Å². The maximum Gasteiger partial charge on any atom is 0.317 e. The number of hydrogen-bond donors (Lipinski definition) is 1. The number of likely N-dealkylation sites (tertiary alicyclic amines) is 1. The van der Waals surface area contributed by atoms with Crippen LogP contribution in [0.25, 0.3) is 11.6 Å². The van der Waals surface area contributed by atoms with Gasteiger partial charge in [-0.1, -0.05) is 5.16 Å². The van der Waals surface area contributed by atoms with E-state index in [-0.39, 0.29) is 17.5 Å². The molecular weight excluding hydrogens is 284 g/mol. The number of carbonyl (C=O) groups is 1. The van der Waals surface area contributed by atoms with E-state index in [1.807, 2.05) is 20.8 Å². The van der Waals surface area contributed by atoms with Crippen LogP contribution in [-0.2, 0) is 0 Å². The molecule has 1 N–H and O–H groups in total. The average Bonchev–Trinajstić information content (AvgIpc) is 2.85. The molecule has 116 valence electrons. The van der Waals surface area contributed by atoms with Gasteiger partial charge in [-0.05, 0) is 26.8 Å². The summed E-state index contributed by atoms with van der Waals surface area (Å²) < 4.78 is 5.25. The number of amides is 2. The smallest absolute Gasteiger partial charge is 0.317 e. The maximum atomic E-state index is 12.0. The minimum Gasteiger partial charge on any atom is -0.338 e. The molecule has 8 nitrogen and oxygen atoms in total. The summed E-state index contributed by atoms with van der Waals surface area (Å²) >= 11 is 0. The van der Waals surface area contributed by atoms with Crippen molar-refractivity contribution in [1.82, 2.24) is 30.3 Å². The van der Waals surface area contributed by atoms with Crippen LogP contribution in [0.5, 0.6) is 0 Å². The quantitative estimate of drug-likeness (QED) is 0.901. The summed E-state index contributed by atoms with van der Waals surface area (Å²) in [5.74, 6) is 1.38. The van der Waals surface area contributed by atoms with Crippen LogP contribution in [0.2, 0.25) is 0 Å². The van der Waals surface area contributed by atoms with Crippen LogP contribution in [0, 0.1) is 0 Å². The van der Waals surface area contributed by atoms with Crippen LogP contribution in [0.1, 0.15) is 32.6 Å². The van der Waals surface area contributed by atoms with Gasteiger partial charge in [0, 0.05) is 31.0 Å². The number of nitrogens with zero attached hydrogens (tertiary/aromatic N) is 5. The number of urea groups is 1. The highest BCUT2D eigenvalue weighted by Crippen LogP contribution is 2.27. The third-order valence-electron chi connectivity index (χ3n) is 3.21. The van der Waals surface area contributed by atoms with Gasteiger partial charge in [-0.15, -0.1) is 0 Å². The first kappa shape index (κ1) is 14.4. The van der Waals surface area contributed by atoms with Gasteiger partial charge in [0.25, 0.3) is 0 Å². The highest BCUT2D eigenvalue weighted by Gasteiger charge is 2.36. The Morgan fingerprint density at radius 2 is 1.95 bits per heavy atom. The Morgan fingerprint density at radius 3 is 2.59 bits per heavy atom. The second-order valence-corrected chi connectivity index (χ2v) is 6.31. The molecule has 0 atom stereocenters. The fourth-order valence-corrected chi connectivity index (χ4v) is 2.11. The number of aromatic nitrogens is 4. The van der Waals surface area contributed by atoms with Crippen LogP contribution in [-0.4, -0.2) is 49.7 Å². The first-order valence-electron chi connectivity index (χ1n) is 7.10. The molecular formula is C14H18N6O2. The van der Waals surface area contributed by atoms with Crippen LogP contribution in [0.15, 0.2) is 23.0 Å². The van der Waals surface area contributed by atoms with Crippen molar-refractivity contribution in [3.63, 3.8) is 0 Å². The highest BCUT2D eigenvalue weighted by atomic mass is 16.5. The Labute approximate surface area is 127 Å². The second-order valence-electron chi connectivity index (χ2n) is 6.31. The normalized spacial score (nSPS) is 15.5. The number of hydrogen-bond acceptors (Lipinski definition) is 6. The van der Waals surface area contributed by atoms with E-state index in [1.165, 1.54) is 0 Å². The van der Waals surface area contributed by atoms with Crippen molar-refractivity contribution in [3.8, 4) is 11.6 Å². The van der Waals surface area contributed by atoms with Gasteiger partial charge in [-0.25, -0.2) is 14.8 Å². The van der Waals surface area contributed by atoms with E-state index >= 15 is 0 Å². The summed E-state index contributed by atoms with van der Waals surface area (Å²) in [7, 11) is 0. The largest absolute Gasteiger partial charge is 0.338 e. The highest BCUT2D eigenvalue weighted by molar-refractivity contribution is 5.76. The standard InChI is InChI=1S/C14H18N6O2/c1-14(2,3)18-13(21)20-7-9(8-20)12-17-11(19-22-12)10-15-5-4-6-16-10/h4-6,9H,7-8H2,1-3H3,(H,18,21). The van der Waals surface area contributed by atoms with Crippen LogP contribution >= 0.6 is 0 Å². The summed E-state index contributed by atoms with van der Waals surface area (Å²) in [5.41, 5.74) is -0.246. The lowest BCUT2D eigenvalue weighted by Gasteiger charge is -2.38. The van der Waals surface area contributed by atoms with Gasteiger partial charge >= 0.3 is 6.03 Å². The van der Waals surface area contributed by atoms with Crippen LogP contribution < -0.4 is 5.32 Å². The predicted octanol–water partition coefficient (Wildman–Crippen LogP) is 1.43. The Kier molecular flexibility index (Phi) is 3.51. The lowest BCUT2D eigenvalue weighted by Crippen LogP contribution is -2.56. The van der Waals surface area contributed by atoms with Gasteiger partial charge in [0.2, 0.25) is 17.5 Å².